The molecule has 3 amide bonds. The van der Waals surface area contributed by atoms with Crippen molar-refractivity contribution in [2.24, 2.45) is 11.8 Å². The van der Waals surface area contributed by atoms with Gasteiger partial charge in [-0.1, -0.05) is 31.4 Å². The van der Waals surface area contributed by atoms with E-state index < -0.39 is 29.6 Å². The Morgan fingerprint density at radius 1 is 1.08 bits per heavy atom. The average Bonchev–Trinajstić information content (AvgIpc) is 3.68. The first-order valence-corrected chi connectivity index (χ1v) is 13.5. The number of rotatable bonds is 7. The van der Waals surface area contributed by atoms with Crippen LogP contribution in [0.4, 0.5) is 5.69 Å². The van der Waals surface area contributed by atoms with Crippen molar-refractivity contribution in [2.45, 2.75) is 74.8 Å². The Balaban J connectivity index is 1.28. The molecule has 0 radical (unpaired) electrons. The van der Waals surface area contributed by atoms with Crippen molar-refractivity contribution in [1.29, 1.82) is 0 Å². The van der Waals surface area contributed by atoms with E-state index in [1.165, 1.54) is 6.42 Å². The Labute approximate surface area is 216 Å². The van der Waals surface area contributed by atoms with E-state index in [1.54, 1.807) is 36.3 Å². The van der Waals surface area contributed by atoms with Crippen molar-refractivity contribution < 1.29 is 28.6 Å². The molecule has 6 atom stereocenters. The van der Waals surface area contributed by atoms with Crippen LogP contribution in [0.1, 0.15) is 44.9 Å². The van der Waals surface area contributed by atoms with Crippen molar-refractivity contribution in [1.82, 2.24) is 10.2 Å². The third kappa shape index (κ3) is 4.22. The number of benzene rings is 1. The van der Waals surface area contributed by atoms with Crippen LogP contribution < -0.4 is 15.4 Å². The minimum Gasteiger partial charge on any atom is -0.497 e. The van der Waals surface area contributed by atoms with Crippen LogP contribution in [0, 0.1) is 11.8 Å². The average molecular weight is 510 g/mol. The van der Waals surface area contributed by atoms with E-state index in [0.29, 0.717) is 24.6 Å². The molecule has 4 heterocycles. The minimum absolute atomic E-state index is 0.105. The molecule has 3 saturated heterocycles. The zero-order valence-electron chi connectivity index (χ0n) is 21.2. The lowest BCUT2D eigenvalue weighted by Crippen LogP contribution is -2.57. The molecule has 37 heavy (non-hydrogen) atoms. The van der Waals surface area contributed by atoms with Gasteiger partial charge in [0.1, 0.15) is 17.4 Å². The number of methoxy groups -OCH3 is 1. The van der Waals surface area contributed by atoms with Crippen LogP contribution in [0.15, 0.2) is 36.4 Å². The van der Waals surface area contributed by atoms with Crippen LogP contribution >= 0.6 is 0 Å². The Hall–Kier alpha value is -2.91. The molecule has 1 spiro atoms. The Bertz CT molecular complexity index is 1080. The summed E-state index contributed by atoms with van der Waals surface area (Å²) in [5.41, 5.74) is -0.541. The van der Waals surface area contributed by atoms with E-state index in [4.69, 9.17) is 14.2 Å². The molecule has 1 aromatic carbocycles. The highest BCUT2D eigenvalue weighted by Crippen LogP contribution is 2.55. The molecule has 4 unspecified atom stereocenters. The second kappa shape index (κ2) is 9.76. The van der Waals surface area contributed by atoms with Crippen molar-refractivity contribution >= 4 is 23.4 Å². The van der Waals surface area contributed by atoms with Crippen LogP contribution in [0.25, 0.3) is 0 Å². The highest BCUT2D eigenvalue weighted by atomic mass is 16.5. The van der Waals surface area contributed by atoms with E-state index >= 15 is 0 Å². The first-order chi connectivity index (χ1) is 18.0. The molecule has 6 rings (SSSR count). The number of carbonyl (C=O) groups is 3. The fourth-order valence-corrected chi connectivity index (χ4v) is 6.90. The summed E-state index contributed by atoms with van der Waals surface area (Å²) in [4.78, 5) is 43.0. The van der Waals surface area contributed by atoms with E-state index in [1.807, 2.05) is 12.2 Å². The normalized spacial score (nSPS) is 34.6. The largest absolute Gasteiger partial charge is 0.497 e. The van der Waals surface area contributed by atoms with Crippen LogP contribution in [-0.4, -0.2) is 72.8 Å². The third-order valence-electron chi connectivity index (χ3n) is 8.66. The van der Waals surface area contributed by atoms with Crippen LogP contribution in [0.5, 0.6) is 5.75 Å². The van der Waals surface area contributed by atoms with Crippen LogP contribution in [-0.2, 0) is 23.9 Å². The molecule has 1 aliphatic carbocycles. The number of likely N-dealkylation sites (tertiary alicyclic amines) is 1. The summed E-state index contributed by atoms with van der Waals surface area (Å²) in [6.45, 7) is 0.986. The number of nitrogens with zero attached hydrogens (tertiary/aromatic N) is 1. The lowest BCUT2D eigenvalue weighted by Gasteiger charge is -2.34. The number of amides is 3. The van der Waals surface area contributed by atoms with Crippen molar-refractivity contribution in [3.8, 4) is 5.75 Å². The van der Waals surface area contributed by atoms with E-state index in [-0.39, 0.29) is 29.9 Å². The molecular weight excluding hydrogens is 474 g/mol. The first-order valence-electron chi connectivity index (χ1n) is 13.5. The second-order valence-corrected chi connectivity index (χ2v) is 10.9. The third-order valence-corrected chi connectivity index (χ3v) is 8.66. The van der Waals surface area contributed by atoms with Gasteiger partial charge in [0.05, 0.1) is 31.2 Å². The highest BCUT2D eigenvalue weighted by molar-refractivity contribution is 6.02. The highest BCUT2D eigenvalue weighted by Gasteiger charge is 2.73. The maximum absolute atomic E-state index is 14.0. The number of carbonyl (C=O) groups excluding carboxylic acids is 3. The summed E-state index contributed by atoms with van der Waals surface area (Å²) in [5.74, 6) is -1.48. The molecule has 2 N–H and O–H groups in total. The fraction of sp³-hybridized carbons (Fsp3) is 0.607. The van der Waals surface area contributed by atoms with Gasteiger partial charge in [-0.15, -0.1) is 0 Å². The van der Waals surface area contributed by atoms with Crippen molar-refractivity contribution in [3.63, 3.8) is 0 Å². The second-order valence-electron chi connectivity index (χ2n) is 10.9. The molecule has 4 fully saturated rings. The lowest BCUT2D eigenvalue weighted by atomic mass is 9.74. The van der Waals surface area contributed by atoms with Crippen molar-refractivity contribution in [2.75, 3.05) is 25.6 Å². The van der Waals surface area contributed by atoms with Gasteiger partial charge >= 0.3 is 0 Å². The Morgan fingerprint density at radius 3 is 2.57 bits per heavy atom. The van der Waals surface area contributed by atoms with E-state index in [0.717, 1.165) is 38.5 Å². The van der Waals surface area contributed by atoms with Gasteiger partial charge in [0.25, 0.3) is 0 Å². The van der Waals surface area contributed by atoms with E-state index in [9.17, 15) is 14.4 Å². The molecule has 0 aromatic heterocycles. The Morgan fingerprint density at radius 2 is 1.86 bits per heavy atom. The standard InChI is InChI=1S/C28H35N3O6/c1-35-19-11-9-18(10-12-19)29-25(32)22-21-13-14-28(37-21)23(22)27(34)31(16-20-8-5-15-36-20)24(28)26(33)30-17-6-3-2-4-7-17/h9-14,17,20-24H,2-8,15-16H2,1H3,(H,29,32)(H,30,33)/t20?,21-,22?,23-,24?,28?/m1/s1. The molecule has 4 aliphatic heterocycles. The SMILES string of the molecule is COc1ccc(NC(=O)C2[C@H]3C=CC4(O3)C(C(=O)NC3CCCCC3)N(CC3CCCO3)C(=O)[C@@H]24)cc1. The maximum atomic E-state index is 14.0. The predicted octanol–water partition coefficient (Wildman–Crippen LogP) is 2.41. The van der Waals surface area contributed by atoms with Gasteiger partial charge in [0.15, 0.2) is 0 Å². The monoisotopic (exact) mass is 509 g/mol. The number of anilines is 1. The summed E-state index contributed by atoms with van der Waals surface area (Å²) < 4.78 is 17.5. The molecular formula is C28H35N3O6. The summed E-state index contributed by atoms with van der Waals surface area (Å²) >= 11 is 0. The fourth-order valence-electron chi connectivity index (χ4n) is 6.90. The van der Waals surface area contributed by atoms with Gasteiger partial charge in [-0.2, -0.15) is 0 Å². The summed E-state index contributed by atoms with van der Waals surface area (Å²) in [6.07, 6.45) is 10.1. The zero-order chi connectivity index (χ0) is 25.6. The predicted molar refractivity (Wildman–Crippen MR) is 135 cm³/mol. The van der Waals surface area contributed by atoms with E-state index in [2.05, 4.69) is 10.6 Å². The summed E-state index contributed by atoms with van der Waals surface area (Å²) in [7, 11) is 1.58. The van der Waals surface area contributed by atoms with Gasteiger partial charge in [0, 0.05) is 24.9 Å². The first kappa shape index (κ1) is 24.4. The molecule has 1 aromatic rings. The molecule has 198 valence electrons. The topological polar surface area (TPSA) is 106 Å². The number of hydrogen-bond acceptors (Lipinski definition) is 6. The van der Waals surface area contributed by atoms with Crippen LogP contribution in [0.3, 0.4) is 0 Å². The molecule has 9 heteroatoms. The summed E-state index contributed by atoms with van der Waals surface area (Å²) in [6, 6.07) is 6.34. The smallest absolute Gasteiger partial charge is 0.246 e. The van der Waals surface area contributed by atoms with Gasteiger partial charge in [-0.3, -0.25) is 14.4 Å². The molecule has 2 bridgehead atoms. The van der Waals surface area contributed by atoms with Gasteiger partial charge < -0.3 is 29.7 Å². The maximum Gasteiger partial charge on any atom is 0.246 e. The number of nitrogens with one attached hydrogen (secondary N) is 2. The van der Waals surface area contributed by atoms with Gasteiger partial charge in [0.2, 0.25) is 17.7 Å². The quantitative estimate of drug-likeness (QED) is 0.547. The Kier molecular flexibility index (Phi) is 6.44. The summed E-state index contributed by atoms with van der Waals surface area (Å²) in [5, 5.41) is 6.16. The lowest BCUT2D eigenvalue weighted by molar-refractivity contribution is -0.143. The number of ether oxygens (including phenoxy) is 3. The molecule has 9 nitrogen and oxygen atoms in total. The van der Waals surface area contributed by atoms with Gasteiger partial charge in [-0.05, 0) is 49.9 Å². The number of hydrogen-bond donors (Lipinski definition) is 2. The van der Waals surface area contributed by atoms with Crippen molar-refractivity contribution in [3.05, 3.63) is 36.4 Å². The minimum atomic E-state index is -1.15. The number of fused-ring (bicyclic) bond motifs is 1. The van der Waals surface area contributed by atoms with Crippen LogP contribution in [0.2, 0.25) is 0 Å². The molecule has 1 saturated carbocycles. The molecule has 5 aliphatic rings. The van der Waals surface area contributed by atoms with Gasteiger partial charge in [-0.25, -0.2) is 0 Å². The zero-order valence-corrected chi connectivity index (χ0v) is 21.2.